The van der Waals surface area contributed by atoms with Crippen LogP contribution in [0.3, 0.4) is 0 Å². The largest absolute Gasteiger partial charge is 0.368 e. The van der Waals surface area contributed by atoms with Gasteiger partial charge < -0.3 is 15.1 Å². The van der Waals surface area contributed by atoms with Crippen LogP contribution >= 0.6 is 0 Å². The van der Waals surface area contributed by atoms with Crippen LogP contribution in [0, 0.1) is 0 Å². The first-order valence-electron chi connectivity index (χ1n) is 8.27. The highest BCUT2D eigenvalue weighted by atomic mass is 15.3. The fourth-order valence-electron chi connectivity index (χ4n) is 2.66. The Bertz CT molecular complexity index is 609. The Morgan fingerprint density at radius 3 is 2.48 bits per heavy atom. The number of aromatic nitrogens is 3. The molecule has 23 heavy (non-hydrogen) atoms. The monoisotopic (exact) mass is 312 g/mol. The highest BCUT2D eigenvalue weighted by molar-refractivity contribution is 5.49. The first-order valence-corrected chi connectivity index (χ1v) is 8.27. The van der Waals surface area contributed by atoms with Crippen molar-refractivity contribution in [1.82, 2.24) is 15.2 Å². The lowest BCUT2D eigenvalue weighted by atomic mass is 10.2. The van der Waals surface area contributed by atoms with Crippen molar-refractivity contribution in [3.63, 3.8) is 0 Å². The Labute approximate surface area is 137 Å². The minimum atomic E-state index is 0.349. The first kappa shape index (κ1) is 15.5. The van der Waals surface area contributed by atoms with Crippen LogP contribution in [0.1, 0.15) is 20.3 Å². The van der Waals surface area contributed by atoms with E-state index in [-0.39, 0.29) is 0 Å². The normalized spacial score (nSPS) is 16.3. The minimum Gasteiger partial charge on any atom is -0.368 e. The second-order valence-electron chi connectivity index (χ2n) is 5.90. The van der Waals surface area contributed by atoms with Crippen molar-refractivity contribution < 1.29 is 0 Å². The molecule has 1 aliphatic rings. The van der Waals surface area contributed by atoms with Gasteiger partial charge in [-0.3, -0.25) is 0 Å². The highest BCUT2D eigenvalue weighted by Crippen LogP contribution is 2.19. The second kappa shape index (κ2) is 7.26. The van der Waals surface area contributed by atoms with Crippen molar-refractivity contribution in [2.24, 2.45) is 0 Å². The number of hydrogen-bond acceptors (Lipinski definition) is 6. The number of piperazine rings is 1. The fourth-order valence-corrected chi connectivity index (χ4v) is 2.66. The zero-order valence-corrected chi connectivity index (χ0v) is 13.8. The van der Waals surface area contributed by atoms with Gasteiger partial charge in [-0.25, -0.2) is 0 Å². The highest BCUT2D eigenvalue weighted by Gasteiger charge is 2.19. The SMILES string of the molecule is CCC(C)Nc1nncc(N2CCN(c3ccccc3)CC2)n1. The van der Waals surface area contributed by atoms with Crippen molar-refractivity contribution in [3.05, 3.63) is 36.5 Å². The van der Waals surface area contributed by atoms with Crippen LogP contribution in [-0.2, 0) is 0 Å². The molecule has 1 fully saturated rings. The van der Waals surface area contributed by atoms with Crippen LogP contribution < -0.4 is 15.1 Å². The summed E-state index contributed by atoms with van der Waals surface area (Å²) in [6.45, 7) is 8.11. The lowest BCUT2D eigenvalue weighted by Crippen LogP contribution is -2.47. The van der Waals surface area contributed by atoms with Gasteiger partial charge >= 0.3 is 0 Å². The third-order valence-electron chi connectivity index (χ3n) is 4.26. The molecule has 2 heterocycles. The maximum absolute atomic E-state index is 4.60. The Balaban J connectivity index is 1.62. The summed E-state index contributed by atoms with van der Waals surface area (Å²) >= 11 is 0. The van der Waals surface area contributed by atoms with E-state index in [2.05, 4.69) is 74.5 Å². The number of benzene rings is 1. The number of para-hydroxylation sites is 1. The zero-order chi connectivity index (χ0) is 16.1. The Kier molecular flexibility index (Phi) is 4.90. The molecule has 0 bridgehead atoms. The molecular formula is C17H24N6. The van der Waals surface area contributed by atoms with Crippen molar-refractivity contribution in [2.75, 3.05) is 41.3 Å². The van der Waals surface area contributed by atoms with E-state index in [0.29, 0.717) is 12.0 Å². The van der Waals surface area contributed by atoms with E-state index in [1.807, 2.05) is 0 Å². The molecule has 6 heteroatoms. The van der Waals surface area contributed by atoms with Crippen LogP contribution in [0.25, 0.3) is 0 Å². The fraction of sp³-hybridized carbons (Fsp3) is 0.471. The summed E-state index contributed by atoms with van der Waals surface area (Å²) in [5.41, 5.74) is 1.28. The van der Waals surface area contributed by atoms with Crippen molar-refractivity contribution in [3.8, 4) is 0 Å². The van der Waals surface area contributed by atoms with Crippen molar-refractivity contribution in [2.45, 2.75) is 26.3 Å². The van der Waals surface area contributed by atoms with Crippen LogP contribution in [0.15, 0.2) is 36.5 Å². The summed E-state index contributed by atoms with van der Waals surface area (Å²) < 4.78 is 0. The minimum absolute atomic E-state index is 0.349. The number of rotatable bonds is 5. The van der Waals surface area contributed by atoms with E-state index in [1.165, 1.54) is 5.69 Å². The van der Waals surface area contributed by atoms with Gasteiger partial charge in [0.05, 0.1) is 6.20 Å². The van der Waals surface area contributed by atoms with Gasteiger partial charge in [0.15, 0.2) is 5.82 Å². The third-order valence-corrected chi connectivity index (χ3v) is 4.26. The smallest absolute Gasteiger partial charge is 0.244 e. The number of anilines is 3. The Morgan fingerprint density at radius 1 is 1.09 bits per heavy atom. The summed E-state index contributed by atoms with van der Waals surface area (Å²) in [5.74, 6) is 1.51. The first-order chi connectivity index (χ1) is 11.3. The number of nitrogens with zero attached hydrogens (tertiary/aromatic N) is 5. The molecule has 1 unspecified atom stereocenters. The number of hydrogen-bond donors (Lipinski definition) is 1. The summed E-state index contributed by atoms with van der Waals surface area (Å²) in [7, 11) is 0. The standard InChI is InChI=1S/C17H24N6/c1-3-14(2)19-17-20-16(13-18-21-17)23-11-9-22(10-12-23)15-7-5-4-6-8-15/h4-8,13-14H,3,9-12H2,1-2H3,(H,19,20,21). The molecule has 1 aromatic carbocycles. The summed E-state index contributed by atoms with van der Waals surface area (Å²) in [5, 5.41) is 11.5. The van der Waals surface area contributed by atoms with Gasteiger partial charge in [0.25, 0.3) is 0 Å². The van der Waals surface area contributed by atoms with E-state index in [4.69, 9.17) is 0 Å². The number of nitrogens with one attached hydrogen (secondary N) is 1. The van der Waals surface area contributed by atoms with Gasteiger partial charge in [-0.1, -0.05) is 25.1 Å². The summed E-state index contributed by atoms with van der Waals surface area (Å²) in [6, 6.07) is 10.9. The molecule has 6 nitrogen and oxygen atoms in total. The van der Waals surface area contributed by atoms with Gasteiger partial charge in [0.2, 0.25) is 5.95 Å². The van der Waals surface area contributed by atoms with Crippen LogP contribution in [0.5, 0.6) is 0 Å². The second-order valence-corrected chi connectivity index (χ2v) is 5.90. The van der Waals surface area contributed by atoms with E-state index in [1.54, 1.807) is 6.20 Å². The molecule has 2 aromatic rings. The lowest BCUT2D eigenvalue weighted by Gasteiger charge is -2.36. The maximum Gasteiger partial charge on any atom is 0.244 e. The molecule has 1 aromatic heterocycles. The molecule has 1 atom stereocenters. The predicted molar refractivity (Wildman–Crippen MR) is 94.1 cm³/mol. The van der Waals surface area contributed by atoms with Crippen molar-refractivity contribution >= 4 is 17.5 Å². The average molecular weight is 312 g/mol. The molecule has 1 aliphatic heterocycles. The summed E-state index contributed by atoms with van der Waals surface area (Å²) in [4.78, 5) is 9.28. The quantitative estimate of drug-likeness (QED) is 0.915. The molecule has 1 N–H and O–H groups in total. The van der Waals surface area contributed by atoms with Gasteiger partial charge in [-0.15, -0.1) is 5.10 Å². The molecule has 0 amide bonds. The molecule has 122 valence electrons. The molecule has 0 spiro atoms. The zero-order valence-electron chi connectivity index (χ0n) is 13.8. The Morgan fingerprint density at radius 2 is 1.78 bits per heavy atom. The molecule has 0 aliphatic carbocycles. The molecule has 0 saturated carbocycles. The molecular weight excluding hydrogens is 288 g/mol. The van der Waals surface area contributed by atoms with Crippen molar-refractivity contribution in [1.29, 1.82) is 0 Å². The van der Waals surface area contributed by atoms with Crippen LogP contribution in [0.2, 0.25) is 0 Å². The van der Waals surface area contributed by atoms with E-state index < -0.39 is 0 Å². The Hall–Kier alpha value is -2.37. The lowest BCUT2D eigenvalue weighted by molar-refractivity contribution is 0.643. The summed E-state index contributed by atoms with van der Waals surface area (Å²) in [6.07, 6.45) is 2.78. The molecule has 1 saturated heterocycles. The van der Waals surface area contributed by atoms with E-state index in [9.17, 15) is 0 Å². The predicted octanol–water partition coefficient (Wildman–Crippen LogP) is 2.41. The van der Waals surface area contributed by atoms with Gasteiger partial charge in [-0.2, -0.15) is 10.1 Å². The molecule has 0 radical (unpaired) electrons. The van der Waals surface area contributed by atoms with E-state index in [0.717, 1.165) is 38.4 Å². The van der Waals surface area contributed by atoms with Gasteiger partial charge in [0, 0.05) is 37.9 Å². The van der Waals surface area contributed by atoms with Gasteiger partial charge in [-0.05, 0) is 25.5 Å². The average Bonchev–Trinajstić information content (AvgIpc) is 2.63. The van der Waals surface area contributed by atoms with Gasteiger partial charge in [0.1, 0.15) is 0 Å². The third kappa shape index (κ3) is 3.88. The van der Waals surface area contributed by atoms with Crippen LogP contribution in [-0.4, -0.2) is 47.4 Å². The maximum atomic E-state index is 4.60. The van der Waals surface area contributed by atoms with E-state index >= 15 is 0 Å². The topological polar surface area (TPSA) is 57.2 Å². The molecule has 3 rings (SSSR count). The van der Waals surface area contributed by atoms with Crippen LogP contribution in [0.4, 0.5) is 17.5 Å².